The number of hydrogen-bond donors (Lipinski definition) is 2. The number of H-pyrrole nitrogens is 1. The van der Waals surface area contributed by atoms with Crippen LogP contribution in [0.5, 0.6) is 0 Å². The Morgan fingerprint density at radius 2 is 1.84 bits per heavy atom. The van der Waals surface area contributed by atoms with Crippen molar-refractivity contribution in [3.63, 3.8) is 0 Å². The predicted octanol–water partition coefficient (Wildman–Crippen LogP) is 3.58. The lowest BCUT2D eigenvalue weighted by Gasteiger charge is -2.18. The number of aromatic nitrogens is 2. The first-order valence-electron chi connectivity index (χ1n) is 9.56. The summed E-state index contributed by atoms with van der Waals surface area (Å²) in [6.07, 6.45) is 1.36. The van der Waals surface area contributed by atoms with Gasteiger partial charge in [-0.2, -0.15) is 5.16 Å². The molecule has 0 amide bonds. The molecule has 0 bridgehead atoms. The van der Waals surface area contributed by atoms with Crippen LogP contribution in [0.3, 0.4) is 0 Å². The fourth-order valence-electron chi connectivity index (χ4n) is 4.45. The number of pyridine rings is 1. The van der Waals surface area contributed by atoms with Gasteiger partial charge in [-0.15, -0.1) is 0 Å². The third kappa shape index (κ3) is 2.82. The molecule has 2 atom stereocenters. The number of nitrogens with zero attached hydrogens (tertiary/aromatic N) is 1. The molecule has 0 saturated heterocycles. The second kappa shape index (κ2) is 6.81. The van der Waals surface area contributed by atoms with E-state index in [0.29, 0.717) is 25.3 Å². The summed E-state index contributed by atoms with van der Waals surface area (Å²) in [5.74, 6) is -4.55. The lowest BCUT2D eigenvalue weighted by molar-refractivity contribution is 0.435. The van der Waals surface area contributed by atoms with Gasteiger partial charge in [-0.05, 0) is 43.4 Å². The minimum absolute atomic E-state index is 0.221. The summed E-state index contributed by atoms with van der Waals surface area (Å²) >= 11 is 0. The van der Waals surface area contributed by atoms with Gasteiger partial charge in [-0.25, -0.2) is 17.6 Å². The quantitative estimate of drug-likeness (QED) is 0.473. The van der Waals surface area contributed by atoms with E-state index in [2.05, 4.69) is 0 Å². The molecule has 1 saturated carbocycles. The van der Waals surface area contributed by atoms with Gasteiger partial charge in [0, 0.05) is 17.7 Å². The molecule has 2 aromatic carbocycles. The van der Waals surface area contributed by atoms with E-state index in [1.807, 2.05) is 5.16 Å². The molecule has 6 nitrogen and oxygen atoms in total. The summed E-state index contributed by atoms with van der Waals surface area (Å²) in [5, 5.41) is 0.957. The van der Waals surface area contributed by atoms with Crippen molar-refractivity contribution in [1.29, 1.82) is 0 Å². The Morgan fingerprint density at radius 1 is 1.06 bits per heavy atom. The van der Waals surface area contributed by atoms with Gasteiger partial charge in [-0.1, -0.05) is 0 Å². The van der Waals surface area contributed by atoms with Crippen LogP contribution in [0.15, 0.2) is 38.4 Å². The number of fused-ring (bicyclic) bond motifs is 2. The van der Waals surface area contributed by atoms with E-state index in [1.54, 1.807) is 0 Å². The van der Waals surface area contributed by atoms with Crippen LogP contribution in [-0.2, 0) is 0 Å². The van der Waals surface area contributed by atoms with Gasteiger partial charge in [0.05, 0.1) is 16.6 Å². The highest BCUT2D eigenvalue weighted by Gasteiger charge is 2.32. The first kappa shape index (κ1) is 19.6. The van der Waals surface area contributed by atoms with Crippen molar-refractivity contribution >= 4 is 22.0 Å². The zero-order chi connectivity index (χ0) is 22.0. The monoisotopic (exact) mass is 433 g/mol. The van der Waals surface area contributed by atoms with Gasteiger partial charge in [0.25, 0.3) is 5.56 Å². The van der Waals surface area contributed by atoms with Crippen LogP contribution >= 0.6 is 0 Å². The van der Waals surface area contributed by atoms with E-state index in [1.165, 1.54) is 0 Å². The molecule has 0 radical (unpaired) electrons. The van der Waals surface area contributed by atoms with Crippen molar-refractivity contribution in [1.82, 2.24) is 9.72 Å². The average molecular weight is 433 g/mol. The molecule has 0 spiro atoms. The minimum atomic E-state index is -1.09. The molecule has 160 valence electrons. The Kier molecular flexibility index (Phi) is 4.30. The number of benzene rings is 2. The summed E-state index contributed by atoms with van der Waals surface area (Å²) < 4.78 is 64.9. The Labute approximate surface area is 170 Å². The maximum Gasteiger partial charge on any atom is 0.293 e. The number of nitrogens with two attached hydrogens (primary N) is 1. The van der Waals surface area contributed by atoms with E-state index in [9.17, 15) is 22.8 Å². The molecule has 1 aliphatic carbocycles. The average Bonchev–Trinajstić information content (AvgIpc) is 3.30. The van der Waals surface area contributed by atoms with Crippen LogP contribution < -0.4 is 16.7 Å². The van der Waals surface area contributed by atoms with Gasteiger partial charge < -0.3 is 10.3 Å². The van der Waals surface area contributed by atoms with Crippen LogP contribution in [0.25, 0.3) is 27.7 Å². The summed E-state index contributed by atoms with van der Waals surface area (Å²) in [4.78, 5) is 25.0. The third-order valence-electron chi connectivity index (χ3n) is 5.84. The van der Waals surface area contributed by atoms with E-state index in [-0.39, 0.29) is 17.3 Å². The van der Waals surface area contributed by atoms with Crippen LogP contribution in [0, 0.1) is 23.3 Å². The van der Waals surface area contributed by atoms with E-state index >= 15 is 4.39 Å². The molecule has 3 N–H and O–H groups in total. The van der Waals surface area contributed by atoms with Crippen molar-refractivity contribution in [2.24, 2.45) is 5.73 Å². The van der Waals surface area contributed by atoms with Gasteiger partial charge in [0.2, 0.25) is 11.1 Å². The first-order chi connectivity index (χ1) is 14.8. The highest BCUT2D eigenvalue weighted by Crippen LogP contribution is 2.39. The second-order valence-electron chi connectivity index (χ2n) is 7.73. The lowest BCUT2D eigenvalue weighted by Crippen LogP contribution is -2.18. The lowest BCUT2D eigenvalue weighted by atomic mass is 9.94. The Balaban J connectivity index is 1.98. The number of halogens is 4. The maximum absolute atomic E-state index is 15.8. The SMILES string of the molecule is NC1CCC(c2c(F)cc3c(=O)c4c(=O)[nH]oc4n(-c4ccc(F)cc4F)c3c2F)C1. The molecule has 10 heteroatoms. The molecule has 1 aliphatic rings. The van der Waals surface area contributed by atoms with E-state index < -0.39 is 62.2 Å². The normalized spacial score (nSPS) is 19.0. The van der Waals surface area contributed by atoms with Gasteiger partial charge in [0.15, 0.2) is 11.2 Å². The summed E-state index contributed by atoms with van der Waals surface area (Å²) in [5.41, 5.74) is 2.40. The summed E-state index contributed by atoms with van der Waals surface area (Å²) in [6, 6.07) is 3.12. The van der Waals surface area contributed by atoms with Crippen LogP contribution in [0.2, 0.25) is 0 Å². The molecule has 5 rings (SSSR count). The molecular formula is C21H15F4N3O3. The maximum atomic E-state index is 15.8. The molecule has 1 fully saturated rings. The van der Waals surface area contributed by atoms with E-state index in [0.717, 1.165) is 22.8 Å². The van der Waals surface area contributed by atoms with Gasteiger partial charge in [0.1, 0.15) is 17.5 Å². The zero-order valence-electron chi connectivity index (χ0n) is 15.8. The van der Waals surface area contributed by atoms with Gasteiger partial charge >= 0.3 is 0 Å². The third-order valence-corrected chi connectivity index (χ3v) is 5.84. The fraction of sp³-hybridized carbons (Fsp3) is 0.238. The Hall–Kier alpha value is -3.40. The Morgan fingerprint density at radius 3 is 2.52 bits per heavy atom. The second-order valence-corrected chi connectivity index (χ2v) is 7.73. The van der Waals surface area contributed by atoms with Crippen molar-refractivity contribution in [2.75, 3.05) is 0 Å². The molecule has 2 unspecified atom stereocenters. The minimum Gasteiger partial charge on any atom is -0.359 e. The predicted molar refractivity (Wildman–Crippen MR) is 104 cm³/mol. The molecule has 0 aliphatic heterocycles. The zero-order valence-corrected chi connectivity index (χ0v) is 15.8. The molecule has 2 aromatic heterocycles. The molecular weight excluding hydrogens is 418 g/mol. The van der Waals surface area contributed by atoms with Crippen LogP contribution in [0.1, 0.15) is 30.7 Å². The summed E-state index contributed by atoms with van der Waals surface area (Å²) in [6.45, 7) is 0. The largest absolute Gasteiger partial charge is 0.359 e. The standard InChI is InChI=1S/C21H15F4N3O3/c22-9-2-4-14(12(23)6-9)28-18-11(19(29)16-20(30)27-31-21(16)28)7-13(24)15(17(18)25)8-1-3-10(26)5-8/h2,4,6-8,10H,1,3,5,26H2,(H,27,30). The van der Waals surface area contributed by atoms with Crippen molar-refractivity contribution < 1.29 is 22.1 Å². The molecule has 2 heterocycles. The first-order valence-corrected chi connectivity index (χ1v) is 9.56. The number of hydrogen-bond acceptors (Lipinski definition) is 4. The Bertz CT molecular complexity index is 1490. The molecule has 31 heavy (non-hydrogen) atoms. The van der Waals surface area contributed by atoms with Crippen molar-refractivity contribution in [3.8, 4) is 5.69 Å². The topological polar surface area (TPSA) is 94.0 Å². The van der Waals surface area contributed by atoms with Gasteiger partial charge in [-0.3, -0.25) is 14.2 Å². The smallest absolute Gasteiger partial charge is 0.293 e. The number of rotatable bonds is 2. The fourth-order valence-corrected chi connectivity index (χ4v) is 4.45. The number of aromatic amines is 1. The van der Waals surface area contributed by atoms with Crippen molar-refractivity contribution in [2.45, 2.75) is 31.2 Å². The van der Waals surface area contributed by atoms with E-state index in [4.69, 9.17) is 10.3 Å². The van der Waals surface area contributed by atoms with Crippen LogP contribution in [-0.4, -0.2) is 15.8 Å². The van der Waals surface area contributed by atoms with Crippen molar-refractivity contribution in [3.05, 3.63) is 73.7 Å². The molecule has 4 aromatic rings. The number of nitrogens with one attached hydrogen (secondary N) is 1. The highest BCUT2D eigenvalue weighted by molar-refractivity contribution is 5.93. The van der Waals surface area contributed by atoms with Crippen LogP contribution in [0.4, 0.5) is 17.6 Å². The summed E-state index contributed by atoms with van der Waals surface area (Å²) in [7, 11) is 0. The highest BCUT2D eigenvalue weighted by atomic mass is 19.1.